The fourth-order valence-corrected chi connectivity index (χ4v) is 3.15. The number of hydrogen-bond acceptors (Lipinski definition) is 5. The van der Waals surface area contributed by atoms with Crippen molar-refractivity contribution in [3.8, 4) is 5.75 Å². The number of esters is 1. The van der Waals surface area contributed by atoms with Crippen molar-refractivity contribution in [1.82, 2.24) is 0 Å². The summed E-state index contributed by atoms with van der Waals surface area (Å²) in [4.78, 5) is 24.5. The molecule has 0 fully saturated rings. The van der Waals surface area contributed by atoms with Crippen LogP contribution in [0.5, 0.6) is 5.75 Å². The van der Waals surface area contributed by atoms with E-state index in [1.807, 2.05) is 18.2 Å². The topological polar surface area (TPSA) is 65.7 Å². The molecule has 1 aliphatic heterocycles. The lowest BCUT2D eigenvalue weighted by Crippen LogP contribution is -2.31. The van der Waals surface area contributed by atoms with Crippen molar-refractivity contribution in [2.45, 2.75) is 6.42 Å². The number of fused-ring (bicyclic) bond motifs is 2. The van der Waals surface area contributed by atoms with Gasteiger partial charge >= 0.3 is 5.97 Å². The molecule has 0 saturated carbocycles. The summed E-state index contributed by atoms with van der Waals surface area (Å²) in [6.07, 6.45) is 0.466. The van der Waals surface area contributed by atoms with Crippen LogP contribution in [-0.4, -0.2) is 25.0 Å². The number of ether oxygens (including phenoxy) is 2. The first kappa shape index (κ1) is 16.7. The quantitative estimate of drug-likeness (QED) is 0.511. The van der Waals surface area contributed by atoms with E-state index < -0.39 is 11.9 Å². The van der Waals surface area contributed by atoms with E-state index in [4.69, 9.17) is 25.5 Å². The molecule has 5 nitrogen and oxygen atoms in total. The van der Waals surface area contributed by atoms with Gasteiger partial charge in [-0.05, 0) is 42.3 Å². The number of furan rings is 1. The number of carbonyl (C=O) groups excluding carboxylic acids is 2. The Kier molecular flexibility index (Phi) is 4.39. The Morgan fingerprint density at radius 2 is 2.00 bits per heavy atom. The predicted octanol–water partition coefficient (Wildman–Crippen LogP) is 4.06. The standard InChI is InChI=1S/C20H15ClO5/c21-15-5-6-17-13(8-15)7-14(10-24-17)20(23)25-11-16(22)19-9-12-3-1-2-4-18(12)26-19/h1-6,8-9,14H,7,10-11H2/t14-/m1/s1. The van der Waals surface area contributed by atoms with Gasteiger partial charge in [0.25, 0.3) is 0 Å². The first-order valence-electron chi connectivity index (χ1n) is 8.20. The number of halogens is 1. The number of ketones is 1. The SMILES string of the molecule is O=C(COC(=O)[C@H]1COc2ccc(Cl)cc2C1)c1cc2ccccc2o1. The van der Waals surface area contributed by atoms with Crippen LogP contribution in [0.3, 0.4) is 0 Å². The van der Waals surface area contributed by atoms with Gasteiger partial charge in [-0.2, -0.15) is 0 Å². The van der Waals surface area contributed by atoms with Gasteiger partial charge in [-0.1, -0.05) is 29.8 Å². The number of Topliss-reactive ketones (excluding diaryl/α,β-unsaturated/α-hetero) is 1. The minimum Gasteiger partial charge on any atom is -0.492 e. The second-order valence-corrected chi connectivity index (χ2v) is 6.58. The summed E-state index contributed by atoms with van der Waals surface area (Å²) in [6, 6.07) is 14.3. The van der Waals surface area contributed by atoms with Crippen LogP contribution in [-0.2, 0) is 16.0 Å². The third-order valence-electron chi connectivity index (χ3n) is 4.31. The number of hydrogen-bond donors (Lipinski definition) is 0. The Morgan fingerprint density at radius 3 is 2.85 bits per heavy atom. The largest absolute Gasteiger partial charge is 0.492 e. The first-order valence-corrected chi connectivity index (χ1v) is 8.57. The number of carbonyl (C=O) groups is 2. The van der Waals surface area contributed by atoms with Gasteiger partial charge in [0.1, 0.15) is 17.9 Å². The zero-order chi connectivity index (χ0) is 18.1. The Balaban J connectivity index is 1.38. The highest BCUT2D eigenvalue weighted by Gasteiger charge is 2.28. The highest BCUT2D eigenvalue weighted by Crippen LogP contribution is 2.30. The molecular weight excluding hydrogens is 356 g/mol. The van der Waals surface area contributed by atoms with Crippen LogP contribution in [0.1, 0.15) is 16.1 Å². The van der Waals surface area contributed by atoms with Gasteiger partial charge in [0.15, 0.2) is 12.4 Å². The second-order valence-electron chi connectivity index (χ2n) is 6.14. The molecular formula is C20H15ClO5. The average molecular weight is 371 g/mol. The van der Waals surface area contributed by atoms with Gasteiger partial charge in [-0.25, -0.2) is 0 Å². The molecule has 0 radical (unpaired) electrons. The lowest BCUT2D eigenvalue weighted by Gasteiger charge is -2.24. The van der Waals surface area contributed by atoms with E-state index in [1.54, 1.807) is 30.3 Å². The van der Waals surface area contributed by atoms with E-state index in [1.165, 1.54) is 0 Å². The van der Waals surface area contributed by atoms with Crippen molar-refractivity contribution in [1.29, 1.82) is 0 Å². The molecule has 132 valence electrons. The van der Waals surface area contributed by atoms with Crippen LogP contribution in [0, 0.1) is 5.92 Å². The van der Waals surface area contributed by atoms with Crippen molar-refractivity contribution >= 4 is 34.3 Å². The van der Waals surface area contributed by atoms with Crippen LogP contribution < -0.4 is 4.74 Å². The lowest BCUT2D eigenvalue weighted by atomic mass is 9.97. The molecule has 3 aromatic rings. The molecule has 0 bridgehead atoms. The van der Waals surface area contributed by atoms with Gasteiger partial charge < -0.3 is 13.9 Å². The summed E-state index contributed by atoms with van der Waals surface area (Å²) >= 11 is 5.98. The number of benzene rings is 2. The summed E-state index contributed by atoms with van der Waals surface area (Å²) in [5, 5.41) is 1.41. The van der Waals surface area contributed by atoms with E-state index in [9.17, 15) is 9.59 Å². The molecule has 1 aromatic heterocycles. The van der Waals surface area contributed by atoms with Crippen molar-refractivity contribution in [3.63, 3.8) is 0 Å². The summed E-state index contributed by atoms with van der Waals surface area (Å²) < 4.78 is 16.2. The third-order valence-corrected chi connectivity index (χ3v) is 4.54. The first-order chi connectivity index (χ1) is 12.6. The molecule has 1 aliphatic rings. The fraction of sp³-hybridized carbons (Fsp3) is 0.200. The Labute approximate surface area is 154 Å². The Bertz CT molecular complexity index is 958. The minimum atomic E-state index is -0.472. The molecule has 2 heterocycles. The molecule has 2 aromatic carbocycles. The summed E-state index contributed by atoms with van der Waals surface area (Å²) in [5.41, 5.74) is 1.48. The van der Waals surface area contributed by atoms with E-state index in [0.717, 1.165) is 16.7 Å². The summed E-state index contributed by atoms with van der Waals surface area (Å²) in [6.45, 7) is -0.149. The zero-order valence-electron chi connectivity index (χ0n) is 13.7. The molecule has 0 unspecified atom stereocenters. The molecule has 0 aliphatic carbocycles. The third kappa shape index (κ3) is 3.30. The highest BCUT2D eigenvalue weighted by molar-refractivity contribution is 6.30. The van der Waals surface area contributed by atoms with Crippen LogP contribution >= 0.6 is 11.6 Å². The molecule has 0 saturated heterocycles. The smallest absolute Gasteiger partial charge is 0.313 e. The highest BCUT2D eigenvalue weighted by atomic mass is 35.5. The minimum absolute atomic E-state index is 0.177. The van der Waals surface area contributed by atoms with Crippen LogP contribution in [0.4, 0.5) is 0 Å². The van der Waals surface area contributed by atoms with E-state index in [2.05, 4.69) is 0 Å². The van der Waals surface area contributed by atoms with Crippen molar-refractivity contribution in [2.24, 2.45) is 5.92 Å². The molecule has 6 heteroatoms. The van der Waals surface area contributed by atoms with Gasteiger partial charge in [-0.15, -0.1) is 0 Å². The maximum Gasteiger partial charge on any atom is 0.313 e. The number of para-hydroxylation sites is 1. The van der Waals surface area contributed by atoms with Gasteiger partial charge in [-0.3, -0.25) is 9.59 Å². The average Bonchev–Trinajstić information content (AvgIpc) is 3.09. The molecule has 4 rings (SSSR count). The molecule has 0 amide bonds. The maximum absolute atomic E-state index is 12.3. The zero-order valence-corrected chi connectivity index (χ0v) is 14.5. The maximum atomic E-state index is 12.3. The Morgan fingerprint density at radius 1 is 1.15 bits per heavy atom. The lowest BCUT2D eigenvalue weighted by molar-refractivity contribution is -0.148. The molecule has 1 atom stereocenters. The van der Waals surface area contributed by atoms with Crippen LogP contribution in [0.2, 0.25) is 5.02 Å². The van der Waals surface area contributed by atoms with Gasteiger partial charge in [0, 0.05) is 10.4 Å². The monoisotopic (exact) mass is 370 g/mol. The van der Waals surface area contributed by atoms with E-state index in [0.29, 0.717) is 17.0 Å². The van der Waals surface area contributed by atoms with Crippen LogP contribution in [0.25, 0.3) is 11.0 Å². The molecule has 0 N–H and O–H groups in total. The van der Waals surface area contributed by atoms with Gasteiger partial charge in [0.2, 0.25) is 5.78 Å². The fourth-order valence-electron chi connectivity index (χ4n) is 2.96. The van der Waals surface area contributed by atoms with E-state index in [-0.39, 0.29) is 24.8 Å². The Hall–Kier alpha value is -2.79. The molecule has 26 heavy (non-hydrogen) atoms. The van der Waals surface area contributed by atoms with E-state index >= 15 is 0 Å². The van der Waals surface area contributed by atoms with Crippen molar-refractivity contribution in [3.05, 3.63) is 64.9 Å². The number of rotatable bonds is 4. The van der Waals surface area contributed by atoms with Crippen molar-refractivity contribution in [2.75, 3.05) is 13.2 Å². The summed E-state index contributed by atoms with van der Waals surface area (Å²) in [5.74, 6) is -0.424. The van der Waals surface area contributed by atoms with Crippen molar-refractivity contribution < 1.29 is 23.5 Å². The van der Waals surface area contributed by atoms with Gasteiger partial charge in [0.05, 0.1) is 5.92 Å². The summed E-state index contributed by atoms with van der Waals surface area (Å²) in [7, 11) is 0. The predicted molar refractivity (Wildman–Crippen MR) is 95.6 cm³/mol. The van der Waals surface area contributed by atoms with Crippen LogP contribution in [0.15, 0.2) is 52.9 Å². The second kappa shape index (κ2) is 6.84. The normalized spacial score (nSPS) is 16.0. The molecule has 0 spiro atoms.